The molecule has 0 spiro atoms. The number of rotatable bonds is 10. The lowest BCUT2D eigenvalue weighted by atomic mass is 9.84. The Labute approximate surface area is 137 Å². The summed E-state index contributed by atoms with van der Waals surface area (Å²) in [6, 6.07) is 11.5. The van der Waals surface area contributed by atoms with Gasteiger partial charge in [0.15, 0.2) is 0 Å². The Morgan fingerprint density at radius 1 is 0.955 bits per heavy atom. The smallest absolute Gasteiger partial charge is 0.00793 e. The fraction of sp³-hybridized carbons (Fsp3) is 0.700. The molecule has 1 aromatic rings. The first kappa shape index (κ1) is 17.5. The summed E-state index contributed by atoms with van der Waals surface area (Å²) >= 11 is 0. The minimum atomic E-state index is 0.695. The maximum absolute atomic E-state index is 3.71. The number of hydrogen-bond donors (Lipinski definition) is 2. The first-order valence-electron chi connectivity index (χ1n) is 9.34. The Balaban J connectivity index is 1.41. The topological polar surface area (TPSA) is 24.1 Å². The molecule has 2 heteroatoms. The predicted octanol–water partition coefficient (Wildman–Crippen LogP) is 4.16. The van der Waals surface area contributed by atoms with Crippen molar-refractivity contribution in [1.82, 2.24) is 10.6 Å². The van der Waals surface area contributed by atoms with E-state index in [2.05, 4.69) is 47.9 Å². The second kappa shape index (κ2) is 10.8. The fourth-order valence-electron chi connectivity index (χ4n) is 3.54. The van der Waals surface area contributed by atoms with Crippen LogP contribution in [-0.2, 0) is 6.42 Å². The van der Waals surface area contributed by atoms with Crippen molar-refractivity contribution < 1.29 is 0 Å². The molecule has 0 heterocycles. The lowest BCUT2D eigenvalue weighted by Gasteiger charge is -2.28. The van der Waals surface area contributed by atoms with Gasteiger partial charge >= 0.3 is 0 Å². The van der Waals surface area contributed by atoms with E-state index in [0.717, 1.165) is 25.6 Å². The summed E-state index contributed by atoms with van der Waals surface area (Å²) in [7, 11) is 0. The highest BCUT2D eigenvalue weighted by Gasteiger charge is 2.18. The second-order valence-electron chi connectivity index (χ2n) is 6.83. The lowest BCUT2D eigenvalue weighted by Crippen LogP contribution is -2.38. The molecule has 0 aromatic heterocycles. The van der Waals surface area contributed by atoms with E-state index in [9.17, 15) is 0 Å². The van der Waals surface area contributed by atoms with Crippen LogP contribution in [0.3, 0.4) is 0 Å². The summed E-state index contributed by atoms with van der Waals surface area (Å²) in [5, 5.41) is 7.27. The predicted molar refractivity (Wildman–Crippen MR) is 96.3 cm³/mol. The maximum atomic E-state index is 3.71. The van der Waals surface area contributed by atoms with Crippen molar-refractivity contribution in [2.75, 3.05) is 19.6 Å². The molecule has 1 aliphatic rings. The molecule has 0 bridgehead atoms. The Morgan fingerprint density at radius 2 is 1.73 bits per heavy atom. The number of aryl methyl sites for hydroxylation is 1. The molecule has 0 aliphatic heterocycles. The highest BCUT2D eigenvalue weighted by atomic mass is 15.0. The van der Waals surface area contributed by atoms with Crippen molar-refractivity contribution in [1.29, 1.82) is 0 Å². The minimum absolute atomic E-state index is 0.695. The molecule has 2 nitrogen and oxygen atoms in total. The van der Waals surface area contributed by atoms with Crippen LogP contribution < -0.4 is 10.6 Å². The molecule has 0 radical (unpaired) electrons. The average molecular weight is 303 g/mol. The number of hydrogen-bond acceptors (Lipinski definition) is 2. The summed E-state index contributed by atoms with van der Waals surface area (Å²) in [6.07, 6.45) is 11.0. The Kier molecular flexibility index (Phi) is 8.59. The summed E-state index contributed by atoms with van der Waals surface area (Å²) in [5.41, 5.74) is 1.46. The van der Waals surface area contributed by atoms with Gasteiger partial charge in [-0.25, -0.2) is 0 Å². The van der Waals surface area contributed by atoms with Gasteiger partial charge in [0.25, 0.3) is 0 Å². The standard InChI is InChI=1S/C20H34N2/c1-18(20-13-6-3-7-14-20)22-17-16-21-15-9-8-12-19-10-4-2-5-11-19/h2,4-5,10-11,18,20-22H,3,6-9,12-17H2,1H3/t18-/m0/s1. The first-order chi connectivity index (χ1) is 10.9. The van der Waals surface area contributed by atoms with E-state index >= 15 is 0 Å². The zero-order valence-corrected chi connectivity index (χ0v) is 14.3. The molecule has 0 saturated heterocycles. The van der Waals surface area contributed by atoms with Crippen LogP contribution in [0.25, 0.3) is 0 Å². The van der Waals surface area contributed by atoms with Crippen LogP contribution in [0.2, 0.25) is 0 Å². The monoisotopic (exact) mass is 302 g/mol. The summed E-state index contributed by atoms with van der Waals surface area (Å²) < 4.78 is 0. The van der Waals surface area contributed by atoms with E-state index in [0.29, 0.717) is 6.04 Å². The fourth-order valence-corrected chi connectivity index (χ4v) is 3.54. The average Bonchev–Trinajstić information content (AvgIpc) is 2.59. The van der Waals surface area contributed by atoms with Gasteiger partial charge in [0.05, 0.1) is 0 Å². The lowest BCUT2D eigenvalue weighted by molar-refractivity contribution is 0.282. The van der Waals surface area contributed by atoms with Crippen LogP contribution in [-0.4, -0.2) is 25.7 Å². The molecule has 124 valence electrons. The van der Waals surface area contributed by atoms with Gasteiger partial charge in [-0.1, -0.05) is 49.6 Å². The third kappa shape index (κ3) is 6.93. The largest absolute Gasteiger partial charge is 0.315 e. The minimum Gasteiger partial charge on any atom is -0.315 e. The maximum Gasteiger partial charge on any atom is 0.00793 e. The van der Waals surface area contributed by atoms with Crippen molar-refractivity contribution in [3.8, 4) is 0 Å². The molecule has 1 atom stereocenters. The molecule has 22 heavy (non-hydrogen) atoms. The molecule has 1 saturated carbocycles. The third-order valence-electron chi connectivity index (χ3n) is 5.04. The molecular formula is C20H34N2. The summed E-state index contributed by atoms with van der Waals surface area (Å²) in [6.45, 7) is 5.72. The zero-order valence-electron chi connectivity index (χ0n) is 14.3. The molecule has 1 fully saturated rings. The van der Waals surface area contributed by atoms with Crippen LogP contribution in [0, 0.1) is 5.92 Å². The van der Waals surface area contributed by atoms with Crippen molar-refractivity contribution in [2.24, 2.45) is 5.92 Å². The highest BCUT2D eigenvalue weighted by molar-refractivity contribution is 5.14. The van der Waals surface area contributed by atoms with Crippen LogP contribution >= 0.6 is 0 Å². The van der Waals surface area contributed by atoms with Crippen LogP contribution in [0.5, 0.6) is 0 Å². The number of unbranched alkanes of at least 4 members (excludes halogenated alkanes) is 1. The number of nitrogens with one attached hydrogen (secondary N) is 2. The second-order valence-corrected chi connectivity index (χ2v) is 6.83. The van der Waals surface area contributed by atoms with Gasteiger partial charge in [0.1, 0.15) is 0 Å². The van der Waals surface area contributed by atoms with Crippen molar-refractivity contribution in [3.63, 3.8) is 0 Å². The van der Waals surface area contributed by atoms with E-state index in [1.54, 1.807) is 0 Å². The molecule has 0 amide bonds. The van der Waals surface area contributed by atoms with E-state index < -0.39 is 0 Å². The first-order valence-corrected chi connectivity index (χ1v) is 9.34. The van der Waals surface area contributed by atoms with Crippen LogP contribution in [0.15, 0.2) is 30.3 Å². The van der Waals surface area contributed by atoms with Gasteiger partial charge in [0.2, 0.25) is 0 Å². The van der Waals surface area contributed by atoms with Gasteiger partial charge in [-0.15, -0.1) is 0 Å². The van der Waals surface area contributed by atoms with Gasteiger partial charge in [-0.2, -0.15) is 0 Å². The van der Waals surface area contributed by atoms with Crippen molar-refractivity contribution in [2.45, 2.75) is 64.3 Å². The molecule has 2 N–H and O–H groups in total. The third-order valence-corrected chi connectivity index (χ3v) is 5.04. The Hall–Kier alpha value is -0.860. The molecule has 2 rings (SSSR count). The molecule has 0 unspecified atom stereocenters. The quantitative estimate of drug-likeness (QED) is 0.634. The van der Waals surface area contributed by atoms with Gasteiger partial charge in [-0.05, 0) is 57.1 Å². The zero-order chi connectivity index (χ0) is 15.5. The molecule has 1 aromatic carbocycles. The van der Waals surface area contributed by atoms with E-state index in [-0.39, 0.29) is 0 Å². The highest BCUT2D eigenvalue weighted by Crippen LogP contribution is 2.26. The molecule has 1 aliphatic carbocycles. The van der Waals surface area contributed by atoms with E-state index in [1.165, 1.54) is 56.9 Å². The van der Waals surface area contributed by atoms with Crippen molar-refractivity contribution in [3.05, 3.63) is 35.9 Å². The van der Waals surface area contributed by atoms with Crippen LogP contribution in [0.4, 0.5) is 0 Å². The Bertz CT molecular complexity index is 371. The summed E-state index contributed by atoms with van der Waals surface area (Å²) in [5.74, 6) is 0.916. The Morgan fingerprint density at radius 3 is 2.50 bits per heavy atom. The van der Waals surface area contributed by atoms with E-state index in [4.69, 9.17) is 0 Å². The van der Waals surface area contributed by atoms with Gasteiger partial charge in [-0.3, -0.25) is 0 Å². The summed E-state index contributed by atoms with van der Waals surface area (Å²) in [4.78, 5) is 0. The normalized spacial score (nSPS) is 17.5. The van der Waals surface area contributed by atoms with Gasteiger partial charge < -0.3 is 10.6 Å². The SMILES string of the molecule is C[C@H](NCCNCCCCc1ccccc1)C1CCCCC1. The van der Waals surface area contributed by atoms with E-state index in [1.807, 2.05) is 0 Å². The molecular weight excluding hydrogens is 268 g/mol. The number of benzene rings is 1. The van der Waals surface area contributed by atoms with Crippen molar-refractivity contribution >= 4 is 0 Å². The van der Waals surface area contributed by atoms with Gasteiger partial charge in [0, 0.05) is 19.1 Å². The van der Waals surface area contributed by atoms with Crippen LogP contribution in [0.1, 0.15) is 57.4 Å².